The molecular weight excluding hydrogens is 264 g/mol. The zero-order chi connectivity index (χ0) is 15.4. The number of anilines is 2. The Kier molecular flexibility index (Phi) is 4.48. The quantitative estimate of drug-likeness (QED) is 0.666. The molecular formula is C17H20N2O2. The van der Waals surface area contributed by atoms with E-state index in [1.54, 1.807) is 18.2 Å². The van der Waals surface area contributed by atoms with Crippen molar-refractivity contribution in [3.63, 3.8) is 0 Å². The van der Waals surface area contributed by atoms with Crippen molar-refractivity contribution in [1.82, 2.24) is 0 Å². The second-order valence-corrected chi connectivity index (χ2v) is 5.07. The lowest BCUT2D eigenvalue weighted by molar-refractivity contribution is 0.0601. The van der Waals surface area contributed by atoms with E-state index in [-0.39, 0.29) is 12.0 Å². The van der Waals surface area contributed by atoms with Crippen LogP contribution in [0.5, 0.6) is 0 Å². The number of benzene rings is 2. The van der Waals surface area contributed by atoms with Crippen molar-refractivity contribution in [2.75, 3.05) is 18.2 Å². The molecule has 2 rings (SSSR count). The first-order valence-corrected chi connectivity index (χ1v) is 6.82. The van der Waals surface area contributed by atoms with Gasteiger partial charge in [-0.25, -0.2) is 4.79 Å². The largest absolute Gasteiger partial charge is 0.465 e. The molecule has 0 aliphatic carbocycles. The molecule has 0 aliphatic heterocycles. The van der Waals surface area contributed by atoms with Crippen LogP contribution in [-0.4, -0.2) is 13.1 Å². The SMILES string of the molecule is COC(=O)c1ccc(NC(C)c2ccc(C)cc2)c(N)c1. The monoisotopic (exact) mass is 284 g/mol. The Morgan fingerprint density at radius 1 is 1.19 bits per heavy atom. The summed E-state index contributed by atoms with van der Waals surface area (Å²) in [5.41, 5.74) is 10.2. The lowest BCUT2D eigenvalue weighted by Crippen LogP contribution is -2.09. The van der Waals surface area contributed by atoms with E-state index in [4.69, 9.17) is 5.73 Å². The molecule has 0 heterocycles. The smallest absolute Gasteiger partial charge is 0.337 e. The highest BCUT2D eigenvalue weighted by molar-refractivity contribution is 5.91. The molecule has 2 aromatic carbocycles. The zero-order valence-corrected chi connectivity index (χ0v) is 12.5. The molecule has 0 amide bonds. The number of methoxy groups -OCH3 is 1. The summed E-state index contributed by atoms with van der Waals surface area (Å²) in [6.45, 7) is 4.13. The summed E-state index contributed by atoms with van der Waals surface area (Å²) in [6, 6.07) is 13.6. The van der Waals surface area contributed by atoms with Crippen molar-refractivity contribution in [1.29, 1.82) is 0 Å². The molecule has 3 N–H and O–H groups in total. The molecule has 0 bridgehead atoms. The summed E-state index contributed by atoms with van der Waals surface area (Å²) in [6.07, 6.45) is 0. The van der Waals surface area contributed by atoms with Crippen molar-refractivity contribution >= 4 is 17.3 Å². The Hall–Kier alpha value is -2.49. The molecule has 4 heteroatoms. The Bertz CT molecular complexity index is 636. The van der Waals surface area contributed by atoms with Gasteiger partial charge >= 0.3 is 5.97 Å². The Morgan fingerprint density at radius 2 is 1.86 bits per heavy atom. The minimum atomic E-state index is -0.389. The molecule has 0 spiro atoms. The van der Waals surface area contributed by atoms with Crippen LogP contribution in [0, 0.1) is 6.92 Å². The summed E-state index contributed by atoms with van der Waals surface area (Å²) >= 11 is 0. The summed E-state index contributed by atoms with van der Waals surface area (Å²) in [5, 5.41) is 3.35. The number of carbonyl (C=O) groups is 1. The number of ether oxygens (including phenoxy) is 1. The van der Waals surface area contributed by atoms with Gasteiger partial charge in [0.05, 0.1) is 24.0 Å². The van der Waals surface area contributed by atoms with E-state index in [1.807, 2.05) is 0 Å². The summed E-state index contributed by atoms with van der Waals surface area (Å²) in [5.74, 6) is -0.389. The van der Waals surface area contributed by atoms with Crippen molar-refractivity contribution in [2.24, 2.45) is 0 Å². The highest BCUT2D eigenvalue weighted by Gasteiger charge is 2.10. The van der Waals surface area contributed by atoms with Gasteiger partial charge in [0.25, 0.3) is 0 Å². The van der Waals surface area contributed by atoms with Gasteiger partial charge in [-0.1, -0.05) is 29.8 Å². The number of nitrogens with one attached hydrogen (secondary N) is 1. The number of hydrogen-bond acceptors (Lipinski definition) is 4. The van der Waals surface area contributed by atoms with Crippen LogP contribution in [0.15, 0.2) is 42.5 Å². The van der Waals surface area contributed by atoms with Gasteiger partial charge in [0.2, 0.25) is 0 Å². The van der Waals surface area contributed by atoms with Crippen LogP contribution in [0.1, 0.15) is 34.5 Å². The predicted octanol–water partition coefficient (Wildman–Crippen LogP) is 3.54. The van der Waals surface area contributed by atoms with E-state index < -0.39 is 0 Å². The van der Waals surface area contributed by atoms with Crippen LogP contribution in [-0.2, 0) is 4.74 Å². The number of carbonyl (C=O) groups excluding carboxylic acids is 1. The molecule has 110 valence electrons. The number of rotatable bonds is 4. The molecule has 0 fully saturated rings. The Labute approximate surface area is 124 Å². The lowest BCUT2D eigenvalue weighted by atomic mass is 10.1. The predicted molar refractivity (Wildman–Crippen MR) is 85.4 cm³/mol. The molecule has 0 radical (unpaired) electrons. The van der Waals surface area contributed by atoms with E-state index in [0.29, 0.717) is 11.3 Å². The van der Waals surface area contributed by atoms with Crippen LogP contribution in [0.3, 0.4) is 0 Å². The standard InChI is InChI=1S/C17H20N2O2/c1-11-4-6-13(7-5-11)12(2)19-16-9-8-14(10-15(16)18)17(20)21-3/h4-10,12,19H,18H2,1-3H3. The van der Waals surface area contributed by atoms with Gasteiger partial charge < -0.3 is 15.8 Å². The average molecular weight is 284 g/mol. The molecule has 2 aromatic rings. The van der Waals surface area contributed by atoms with E-state index in [2.05, 4.69) is 48.2 Å². The molecule has 21 heavy (non-hydrogen) atoms. The summed E-state index contributed by atoms with van der Waals surface area (Å²) < 4.78 is 4.68. The van der Waals surface area contributed by atoms with E-state index in [9.17, 15) is 4.79 Å². The maximum absolute atomic E-state index is 11.5. The molecule has 1 atom stereocenters. The van der Waals surface area contributed by atoms with Crippen molar-refractivity contribution in [3.8, 4) is 0 Å². The van der Waals surface area contributed by atoms with Crippen LogP contribution in [0.25, 0.3) is 0 Å². The number of nitrogens with two attached hydrogens (primary N) is 1. The van der Waals surface area contributed by atoms with Crippen molar-refractivity contribution in [3.05, 3.63) is 59.2 Å². The van der Waals surface area contributed by atoms with Crippen LogP contribution < -0.4 is 11.1 Å². The third kappa shape index (κ3) is 3.54. The van der Waals surface area contributed by atoms with Crippen molar-refractivity contribution < 1.29 is 9.53 Å². The van der Waals surface area contributed by atoms with Gasteiger partial charge in [-0.2, -0.15) is 0 Å². The number of aryl methyl sites for hydroxylation is 1. The summed E-state index contributed by atoms with van der Waals surface area (Å²) in [7, 11) is 1.35. The first kappa shape index (κ1) is 14.9. The van der Waals surface area contributed by atoms with Crippen molar-refractivity contribution in [2.45, 2.75) is 19.9 Å². The van der Waals surface area contributed by atoms with E-state index in [1.165, 1.54) is 18.2 Å². The highest BCUT2D eigenvalue weighted by Crippen LogP contribution is 2.25. The summed E-state index contributed by atoms with van der Waals surface area (Å²) in [4.78, 5) is 11.5. The second kappa shape index (κ2) is 6.31. The Morgan fingerprint density at radius 3 is 2.43 bits per heavy atom. The minimum absolute atomic E-state index is 0.122. The fourth-order valence-electron chi connectivity index (χ4n) is 2.11. The molecule has 0 aromatic heterocycles. The van der Waals surface area contributed by atoms with Gasteiger partial charge in [-0.15, -0.1) is 0 Å². The van der Waals surface area contributed by atoms with Gasteiger partial charge in [0.1, 0.15) is 0 Å². The molecule has 4 nitrogen and oxygen atoms in total. The minimum Gasteiger partial charge on any atom is -0.465 e. The normalized spacial score (nSPS) is 11.8. The highest BCUT2D eigenvalue weighted by atomic mass is 16.5. The van der Waals surface area contributed by atoms with Gasteiger partial charge in [0, 0.05) is 6.04 Å². The molecule has 0 saturated carbocycles. The van der Waals surface area contributed by atoms with E-state index in [0.717, 1.165) is 5.69 Å². The van der Waals surface area contributed by atoms with E-state index >= 15 is 0 Å². The topological polar surface area (TPSA) is 64.3 Å². The second-order valence-electron chi connectivity index (χ2n) is 5.07. The Balaban J connectivity index is 2.15. The fraction of sp³-hybridized carbons (Fsp3) is 0.235. The van der Waals surface area contributed by atoms with Crippen LogP contribution in [0.4, 0.5) is 11.4 Å². The van der Waals surface area contributed by atoms with Gasteiger partial charge in [-0.3, -0.25) is 0 Å². The number of nitrogen functional groups attached to an aromatic ring is 1. The van der Waals surface area contributed by atoms with Gasteiger partial charge in [0.15, 0.2) is 0 Å². The molecule has 1 unspecified atom stereocenters. The van der Waals surface area contributed by atoms with Gasteiger partial charge in [-0.05, 0) is 37.6 Å². The van der Waals surface area contributed by atoms with Crippen LogP contribution in [0.2, 0.25) is 0 Å². The zero-order valence-electron chi connectivity index (χ0n) is 12.5. The van der Waals surface area contributed by atoms with Crippen LogP contribution >= 0.6 is 0 Å². The average Bonchev–Trinajstić information content (AvgIpc) is 2.49. The fourth-order valence-corrected chi connectivity index (χ4v) is 2.11. The first-order valence-electron chi connectivity index (χ1n) is 6.82. The maximum atomic E-state index is 11.5. The third-order valence-electron chi connectivity index (χ3n) is 3.42. The lowest BCUT2D eigenvalue weighted by Gasteiger charge is -2.18. The number of hydrogen-bond donors (Lipinski definition) is 2. The molecule has 0 aliphatic rings. The number of esters is 1. The maximum Gasteiger partial charge on any atom is 0.337 e. The third-order valence-corrected chi connectivity index (χ3v) is 3.42. The first-order chi connectivity index (χ1) is 10.0. The molecule has 0 saturated heterocycles.